The zero-order valence-corrected chi connectivity index (χ0v) is 11.7. The van der Waals surface area contributed by atoms with Crippen LogP contribution in [0.4, 0.5) is 4.39 Å². The monoisotopic (exact) mass is 291 g/mol. The highest BCUT2D eigenvalue weighted by atomic mass is 19.1. The van der Waals surface area contributed by atoms with E-state index in [4.69, 9.17) is 10.2 Å². The van der Waals surface area contributed by atoms with Crippen molar-refractivity contribution in [3.63, 3.8) is 0 Å². The first-order valence-electron chi connectivity index (χ1n) is 6.95. The molecule has 4 nitrogen and oxygen atoms in total. The van der Waals surface area contributed by atoms with Gasteiger partial charge in [-0.15, -0.1) is 0 Å². The second-order valence-electron chi connectivity index (χ2n) is 5.06. The van der Waals surface area contributed by atoms with Crippen molar-refractivity contribution in [1.82, 2.24) is 4.90 Å². The summed E-state index contributed by atoms with van der Waals surface area (Å²) in [6.07, 6.45) is 1.08. The van der Waals surface area contributed by atoms with Crippen LogP contribution in [0, 0.1) is 23.6 Å². The molecule has 1 heterocycles. The molecule has 0 saturated carbocycles. The predicted molar refractivity (Wildman–Crippen MR) is 76.1 cm³/mol. The first kappa shape index (κ1) is 15.5. The van der Waals surface area contributed by atoms with Gasteiger partial charge in [0.25, 0.3) is 5.91 Å². The second kappa shape index (κ2) is 7.21. The highest BCUT2D eigenvalue weighted by Gasteiger charge is 2.27. The van der Waals surface area contributed by atoms with Crippen LogP contribution in [0.1, 0.15) is 28.8 Å². The van der Waals surface area contributed by atoms with Gasteiger partial charge in [-0.25, -0.2) is 4.39 Å². The molecule has 21 heavy (non-hydrogen) atoms. The van der Waals surface area contributed by atoms with E-state index in [2.05, 4.69) is 11.8 Å². The largest absolute Gasteiger partial charge is 0.396 e. The number of hydrogen-bond acceptors (Lipinski definition) is 3. The van der Waals surface area contributed by atoms with E-state index in [-0.39, 0.29) is 30.6 Å². The maximum atomic E-state index is 14.0. The van der Waals surface area contributed by atoms with Gasteiger partial charge < -0.3 is 15.1 Å². The summed E-state index contributed by atoms with van der Waals surface area (Å²) in [5.41, 5.74) is 0.508. The van der Waals surface area contributed by atoms with Gasteiger partial charge in [-0.1, -0.05) is 11.8 Å². The third kappa shape index (κ3) is 3.81. The minimum Gasteiger partial charge on any atom is -0.396 e. The molecule has 1 atom stereocenters. The molecule has 0 spiro atoms. The number of hydrogen-bond donors (Lipinski definition) is 2. The molecule has 1 amide bonds. The van der Waals surface area contributed by atoms with Gasteiger partial charge in [-0.05, 0) is 24.6 Å². The third-order valence-electron chi connectivity index (χ3n) is 3.50. The van der Waals surface area contributed by atoms with Gasteiger partial charge in [-0.3, -0.25) is 4.79 Å². The zero-order chi connectivity index (χ0) is 15.2. The molecular formula is C16H18FNO3. The van der Waals surface area contributed by atoms with Crippen molar-refractivity contribution in [2.75, 3.05) is 26.3 Å². The summed E-state index contributed by atoms with van der Waals surface area (Å²) < 4.78 is 14.0. The Morgan fingerprint density at radius 1 is 1.43 bits per heavy atom. The SMILES string of the molecule is O=C(c1ccc(C#CCCO)cc1F)N1CCC(CO)C1. The van der Waals surface area contributed by atoms with Crippen molar-refractivity contribution in [1.29, 1.82) is 0 Å². The molecule has 1 saturated heterocycles. The number of nitrogens with zero attached hydrogens (tertiary/aromatic N) is 1. The van der Waals surface area contributed by atoms with E-state index in [9.17, 15) is 9.18 Å². The fourth-order valence-corrected chi connectivity index (χ4v) is 2.32. The molecule has 0 aromatic heterocycles. The van der Waals surface area contributed by atoms with E-state index in [0.717, 1.165) is 6.42 Å². The van der Waals surface area contributed by atoms with Crippen LogP contribution in [0.2, 0.25) is 0 Å². The van der Waals surface area contributed by atoms with E-state index >= 15 is 0 Å². The molecule has 1 fully saturated rings. The molecule has 0 aliphatic carbocycles. The predicted octanol–water partition coefficient (Wildman–Crippen LogP) is 1.01. The minimum absolute atomic E-state index is 0.0290. The van der Waals surface area contributed by atoms with Crippen molar-refractivity contribution >= 4 is 5.91 Å². The Balaban J connectivity index is 2.10. The topological polar surface area (TPSA) is 60.8 Å². The summed E-state index contributed by atoms with van der Waals surface area (Å²) in [5, 5.41) is 17.7. The number of amides is 1. The van der Waals surface area contributed by atoms with Crippen LogP contribution >= 0.6 is 0 Å². The number of halogens is 1. The van der Waals surface area contributed by atoms with E-state index in [1.807, 2.05) is 0 Å². The Kier molecular flexibility index (Phi) is 5.32. The molecule has 0 radical (unpaired) electrons. The number of likely N-dealkylation sites (tertiary alicyclic amines) is 1. The van der Waals surface area contributed by atoms with E-state index in [1.165, 1.54) is 12.1 Å². The van der Waals surface area contributed by atoms with Crippen molar-refractivity contribution in [3.8, 4) is 11.8 Å². The Morgan fingerprint density at radius 2 is 2.24 bits per heavy atom. The third-order valence-corrected chi connectivity index (χ3v) is 3.50. The molecular weight excluding hydrogens is 273 g/mol. The maximum Gasteiger partial charge on any atom is 0.256 e. The normalized spacial score (nSPS) is 17.5. The molecule has 1 aliphatic heterocycles. The Morgan fingerprint density at radius 3 is 2.86 bits per heavy atom. The minimum atomic E-state index is -0.594. The van der Waals surface area contributed by atoms with Crippen molar-refractivity contribution in [2.24, 2.45) is 5.92 Å². The quantitative estimate of drug-likeness (QED) is 0.817. The number of benzene rings is 1. The standard InChI is InChI=1S/C16H18FNO3/c17-15-9-12(3-1-2-8-19)4-5-14(15)16(21)18-7-6-13(10-18)11-20/h4-5,9,13,19-20H,2,6-8,10-11H2. The summed E-state index contributed by atoms with van der Waals surface area (Å²) in [6.45, 7) is 1.02. The van der Waals surface area contributed by atoms with Gasteiger partial charge >= 0.3 is 0 Å². The van der Waals surface area contributed by atoms with Gasteiger partial charge in [0.05, 0.1) is 12.2 Å². The summed E-state index contributed by atoms with van der Waals surface area (Å²) in [5.74, 6) is 4.58. The number of aliphatic hydroxyl groups is 2. The van der Waals surface area contributed by atoms with Gasteiger partial charge in [0.15, 0.2) is 0 Å². The average Bonchev–Trinajstić information content (AvgIpc) is 2.96. The molecule has 0 bridgehead atoms. The molecule has 1 aliphatic rings. The van der Waals surface area contributed by atoms with Crippen molar-refractivity contribution in [3.05, 3.63) is 35.1 Å². The first-order valence-corrected chi connectivity index (χ1v) is 6.95. The lowest BCUT2D eigenvalue weighted by Crippen LogP contribution is -2.29. The van der Waals surface area contributed by atoms with Crippen LogP contribution in [0.25, 0.3) is 0 Å². The number of rotatable bonds is 3. The highest BCUT2D eigenvalue weighted by molar-refractivity contribution is 5.94. The van der Waals surface area contributed by atoms with E-state index < -0.39 is 5.82 Å². The summed E-state index contributed by atoms with van der Waals surface area (Å²) in [4.78, 5) is 13.8. The van der Waals surface area contributed by atoms with E-state index in [1.54, 1.807) is 11.0 Å². The lowest BCUT2D eigenvalue weighted by atomic mass is 10.1. The Bertz CT molecular complexity index is 577. The smallest absolute Gasteiger partial charge is 0.256 e. The molecule has 2 rings (SSSR count). The molecule has 1 unspecified atom stereocenters. The Hall–Kier alpha value is -1.90. The van der Waals surface area contributed by atoms with Gasteiger partial charge in [0.2, 0.25) is 0 Å². The molecule has 2 N–H and O–H groups in total. The summed E-state index contributed by atoms with van der Waals surface area (Å²) >= 11 is 0. The average molecular weight is 291 g/mol. The highest BCUT2D eigenvalue weighted by Crippen LogP contribution is 2.20. The van der Waals surface area contributed by atoms with Crippen LogP contribution < -0.4 is 0 Å². The summed E-state index contributed by atoms with van der Waals surface area (Å²) in [7, 11) is 0. The number of carbonyl (C=O) groups is 1. The molecule has 1 aromatic rings. The van der Waals surface area contributed by atoms with Crippen LogP contribution in [0.3, 0.4) is 0 Å². The van der Waals surface area contributed by atoms with Gasteiger partial charge in [0.1, 0.15) is 5.82 Å². The Labute approximate surface area is 123 Å². The van der Waals surface area contributed by atoms with Gasteiger partial charge in [-0.2, -0.15) is 0 Å². The van der Waals surface area contributed by atoms with Crippen molar-refractivity contribution in [2.45, 2.75) is 12.8 Å². The number of aliphatic hydroxyl groups excluding tert-OH is 2. The summed E-state index contributed by atoms with van der Waals surface area (Å²) in [6, 6.07) is 4.27. The second-order valence-corrected chi connectivity index (χ2v) is 5.06. The molecule has 112 valence electrons. The fraction of sp³-hybridized carbons (Fsp3) is 0.438. The number of carbonyl (C=O) groups excluding carboxylic acids is 1. The van der Waals surface area contributed by atoms with E-state index in [0.29, 0.717) is 25.1 Å². The molecule has 5 heteroatoms. The first-order chi connectivity index (χ1) is 10.2. The van der Waals surface area contributed by atoms with Crippen LogP contribution in [0.5, 0.6) is 0 Å². The lowest BCUT2D eigenvalue weighted by Gasteiger charge is -2.16. The molecule has 1 aromatic carbocycles. The van der Waals surface area contributed by atoms with Gasteiger partial charge in [0, 0.05) is 37.6 Å². The fourth-order valence-electron chi connectivity index (χ4n) is 2.32. The maximum absolute atomic E-state index is 14.0. The lowest BCUT2D eigenvalue weighted by molar-refractivity contribution is 0.0777. The van der Waals surface area contributed by atoms with Crippen LogP contribution in [0.15, 0.2) is 18.2 Å². The van der Waals surface area contributed by atoms with Crippen LogP contribution in [-0.4, -0.2) is 47.3 Å². The zero-order valence-electron chi connectivity index (χ0n) is 11.7. The van der Waals surface area contributed by atoms with Crippen molar-refractivity contribution < 1.29 is 19.4 Å². The van der Waals surface area contributed by atoms with Crippen LogP contribution in [-0.2, 0) is 0 Å².